The number of anilines is 1. The molecule has 1 N–H and O–H groups in total. The first-order valence-corrected chi connectivity index (χ1v) is 9.44. The number of hydrogen-bond acceptors (Lipinski definition) is 4. The van der Waals surface area contributed by atoms with Crippen LogP contribution in [0.25, 0.3) is 0 Å². The zero-order valence-electron chi connectivity index (χ0n) is 16.3. The summed E-state index contributed by atoms with van der Waals surface area (Å²) in [6.45, 7) is 0.635. The van der Waals surface area contributed by atoms with E-state index in [0.717, 1.165) is 5.69 Å². The maximum absolute atomic E-state index is 12.9. The van der Waals surface area contributed by atoms with E-state index in [4.69, 9.17) is 9.47 Å². The van der Waals surface area contributed by atoms with Gasteiger partial charge in [0.1, 0.15) is 11.5 Å². The first-order valence-electron chi connectivity index (χ1n) is 9.44. The molecule has 1 aliphatic rings. The van der Waals surface area contributed by atoms with Crippen molar-refractivity contribution in [1.29, 1.82) is 0 Å². The fourth-order valence-electron chi connectivity index (χ4n) is 3.75. The summed E-state index contributed by atoms with van der Waals surface area (Å²) in [5.74, 6) is 0.742. The van der Waals surface area contributed by atoms with Crippen LogP contribution in [0.5, 0.6) is 11.5 Å². The van der Waals surface area contributed by atoms with E-state index in [1.54, 1.807) is 50.6 Å². The van der Waals surface area contributed by atoms with Crippen LogP contribution in [0.4, 0.5) is 5.69 Å². The lowest BCUT2D eigenvalue weighted by Gasteiger charge is -2.13. The first-order chi connectivity index (χ1) is 14.1. The van der Waals surface area contributed by atoms with Gasteiger partial charge in [-0.1, -0.05) is 30.3 Å². The highest BCUT2D eigenvalue weighted by Gasteiger charge is 2.32. The van der Waals surface area contributed by atoms with Gasteiger partial charge in [-0.2, -0.15) is 0 Å². The molecule has 1 aliphatic heterocycles. The lowest BCUT2D eigenvalue weighted by molar-refractivity contribution is -0.117. The predicted molar refractivity (Wildman–Crippen MR) is 110 cm³/mol. The molecule has 1 atom stereocenters. The minimum atomic E-state index is -0.315. The Morgan fingerprint density at radius 1 is 0.966 bits per heavy atom. The van der Waals surface area contributed by atoms with Gasteiger partial charge in [-0.25, -0.2) is 0 Å². The number of benzene rings is 2. The van der Waals surface area contributed by atoms with Crippen molar-refractivity contribution < 1.29 is 19.1 Å². The maximum Gasteiger partial charge on any atom is 0.233 e. The van der Waals surface area contributed by atoms with E-state index >= 15 is 0 Å². The van der Waals surface area contributed by atoms with Crippen LogP contribution in [0.1, 0.15) is 34.1 Å². The summed E-state index contributed by atoms with van der Waals surface area (Å²) in [7, 11) is 3.13. The number of rotatable bonds is 6. The Hall–Kier alpha value is -3.54. The summed E-state index contributed by atoms with van der Waals surface area (Å²) in [6.07, 6.45) is 0.651. The van der Waals surface area contributed by atoms with Crippen molar-refractivity contribution in [2.24, 2.45) is 0 Å². The summed E-state index contributed by atoms with van der Waals surface area (Å²) in [4.78, 5) is 25.8. The molecule has 0 bridgehead atoms. The molecule has 0 fully saturated rings. The lowest BCUT2D eigenvalue weighted by atomic mass is 10.0. The Bertz CT molecular complexity index is 1030. The van der Waals surface area contributed by atoms with Crippen molar-refractivity contribution >= 4 is 17.4 Å². The summed E-state index contributed by atoms with van der Waals surface area (Å²) in [5, 5.41) is 2.95. The number of carbonyl (C=O) groups is 2. The second kappa shape index (κ2) is 7.83. The predicted octanol–water partition coefficient (Wildman–Crippen LogP) is 3.86. The van der Waals surface area contributed by atoms with Crippen LogP contribution in [-0.2, 0) is 11.3 Å². The normalized spacial score (nSPS) is 14.9. The maximum atomic E-state index is 12.9. The Morgan fingerprint density at radius 3 is 2.31 bits per heavy atom. The Morgan fingerprint density at radius 2 is 1.66 bits per heavy atom. The average Bonchev–Trinajstić information content (AvgIpc) is 3.35. The van der Waals surface area contributed by atoms with Gasteiger partial charge in [0, 0.05) is 41.7 Å². The van der Waals surface area contributed by atoms with Gasteiger partial charge >= 0.3 is 0 Å². The number of carbonyl (C=O) groups excluding carboxylic acids is 2. The third kappa shape index (κ3) is 3.61. The number of hydrogen-bond donors (Lipinski definition) is 1. The van der Waals surface area contributed by atoms with Gasteiger partial charge in [0.25, 0.3) is 0 Å². The monoisotopic (exact) mass is 390 g/mol. The van der Waals surface area contributed by atoms with E-state index in [0.29, 0.717) is 41.4 Å². The number of methoxy groups -OCH3 is 2. The van der Waals surface area contributed by atoms with Gasteiger partial charge < -0.3 is 19.4 Å². The molecule has 1 amide bonds. The van der Waals surface area contributed by atoms with Gasteiger partial charge in [-0.15, -0.1) is 0 Å². The van der Waals surface area contributed by atoms with Crippen molar-refractivity contribution in [1.82, 2.24) is 4.57 Å². The highest BCUT2D eigenvalue weighted by atomic mass is 16.5. The molecule has 4 rings (SSSR count). The van der Waals surface area contributed by atoms with Crippen LogP contribution in [0.15, 0.2) is 60.7 Å². The van der Waals surface area contributed by atoms with Crippen molar-refractivity contribution in [3.8, 4) is 11.5 Å². The molecular formula is C23H22N2O4. The molecule has 2 heterocycles. The summed E-state index contributed by atoms with van der Waals surface area (Å²) >= 11 is 0. The second-order valence-electron chi connectivity index (χ2n) is 6.92. The van der Waals surface area contributed by atoms with Crippen LogP contribution in [0.2, 0.25) is 0 Å². The largest absolute Gasteiger partial charge is 0.497 e. The van der Waals surface area contributed by atoms with Crippen LogP contribution in [0.3, 0.4) is 0 Å². The standard InChI is InChI=1S/C23H22N2O4/c1-28-17-12-16(13-18(14-17)29-2)24-23(27)19-10-11-25-20(19)8-9-21(25)22(26)15-6-4-3-5-7-15/h3-9,12-14,19H,10-11H2,1-2H3,(H,24,27)/t19-/m0/s1. The van der Waals surface area contributed by atoms with Crippen LogP contribution in [-0.4, -0.2) is 30.5 Å². The first kappa shape index (κ1) is 18.8. The summed E-state index contributed by atoms with van der Waals surface area (Å²) < 4.78 is 12.5. The highest BCUT2D eigenvalue weighted by Crippen LogP contribution is 2.33. The third-order valence-electron chi connectivity index (χ3n) is 5.22. The number of ether oxygens (including phenoxy) is 2. The molecule has 0 saturated heterocycles. The fraction of sp³-hybridized carbons (Fsp3) is 0.217. The molecule has 3 aromatic rings. The SMILES string of the molecule is COc1cc(NC(=O)[C@H]2CCn3c(C(=O)c4ccccc4)ccc32)cc(OC)c1. The number of aromatic nitrogens is 1. The van der Waals surface area contributed by atoms with E-state index in [2.05, 4.69) is 5.32 Å². The Balaban J connectivity index is 1.55. The lowest BCUT2D eigenvalue weighted by Crippen LogP contribution is -2.19. The quantitative estimate of drug-likeness (QED) is 0.649. The highest BCUT2D eigenvalue weighted by molar-refractivity contribution is 6.08. The van der Waals surface area contributed by atoms with Gasteiger partial charge in [-0.3, -0.25) is 9.59 Å². The zero-order chi connectivity index (χ0) is 20.4. The Kier molecular flexibility index (Phi) is 5.08. The summed E-state index contributed by atoms with van der Waals surface area (Å²) in [6, 6.07) is 18.1. The average molecular weight is 390 g/mol. The smallest absolute Gasteiger partial charge is 0.233 e. The van der Waals surface area contributed by atoms with E-state index in [-0.39, 0.29) is 17.6 Å². The van der Waals surface area contributed by atoms with Gasteiger partial charge in [0.15, 0.2) is 0 Å². The molecule has 0 spiro atoms. The molecule has 6 heteroatoms. The van der Waals surface area contributed by atoms with E-state index in [1.165, 1.54) is 0 Å². The molecular weight excluding hydrogens is 368 g/mol. The summed E-state index contributed by atoms with van der Waals surface area (Å²) in [5.41, 5.74) is 2.72. The molecule has 0 aliphatic carbocycles. The van der Waals surface area contributed by atoms with Gasteiger partial charge in [0.2, 0.25) is 11.7 Å². The Labute approximate surface area is 169 Å². The molecule has 6 nitrogen and oxygen atoms in total. The number of nitrogens with one attached hydrogen (secondary N) is 1. The second-order valence-corrected chi connectivity index (χ2v) is 6.92. The molecule has 1 aromatic heterocycles. The van der Waals surface area contributed by atoms with Crippen LogP contribution in [0, 0.1) is 0 Å². The van der Waals surface area contributed by atoms with Gasteiger partial charge in [-0.05, 0) is 18.6 Å². The fourth-order valence-corrected chi connectivity index (χ4v) is 3.75. The molecule has 0 radical (unpaired) electrons. The van der Waals surface area contributed by atoms with Crippen molar-refractivity contribution in [2.75, 3.05) is 19.5 Å². The molecule has 29 heavy (non-hydrogen) atoms. The van der Waals surface area contributed by atoms with E-state index < -0.39 is 0 Å². The minimum absolute atomic E-state index is 0.0320. The topological polar surface area (TPSA) is 69.6 Å². The van der Waals surface area contributed by atoms with E-state index in [9.17, 15) is 9.59 Å². The number of amides is 1. The number of ketones is 1. The van der Waals surface area contributed by atoms with Crippen molar-refractivity contribution in [3.05, 3.63) is 77.6 Å². The van der Waals surface area contributed by atoms with Crippen LogP contribution < -0.4 is 14.8 Å². The van der Waals surface area contributed by atoms with Crippen LogP contribution >= 0.6 is 0 Å². The third-order valence-corrected chi connectivity index (χ3v) is 5.22. The number of fused-ring (bicyclic) bond motifs is 1. The number of nitrogens with zero attached hydrogens (tertiary/aromatic N) is 1. The van der Waals surface area contributed by atoms with Crippen molar-refractivity contribution in [2.45, 2.75) is 18.9 Å². The van der Waals surface area contributed by atoms with Gasteiger partial charge in [0.05, 0.1) is 25.8 Å². The zero-order valence-corrected chi connectivity index (χ0v) is 16.3. The molecule has 0 unspecified atom stereocenters. The molecule has 148 valence electrons. The minimum Gasteiger partial charge on any atom is -0.497 e. The molecule has 2 aromatic carbocycles. The molecule has 0 saturated carbocycles. The van der Waals surface area contributed by atoms with Crippen molar-refractivity contribution in [3.63, 3.8) is 0 Å². The van der Waals surface area contributed by atoms with E-state index in [1.807, 2.05) is 28.8 Å².